The summed E-state index contributed by atoms with van der Waals surface area (Å²) in [6.45, 7) is 0. The molecular weight excluding hydrogens is 281 g/mol. The zero-order valence-electron chi connectivity index (χ0n) is 9.67. The molecule has 1 N–H and O–H groups in total. The molecule has 3 nitrogen and oxygen atoms in total. The average molecular weight is 287 g/mol. The van der Waals surface area contributed by atoms with Gasteiger partial charge in [-0.2, -0.15) is 5.10 Å². The topological polar surface area (TPSA) is 37.3 Å². The van der Waals surface area contributed by atoms with E-state index in [4.69, 9.17) is 0 Å². The van der Waals surface area contributed by atoms with Crippen LogP contribution in [0.1, 0.15) is 5.56 Å². The number of hydrogen-bond donors (Lipinski definition) is 1. The van der Waals surface area contributed by atoms with Gasteiger partial charge in [-0.25, -0.2) is 22.0 Å². The van der Waals surface area contributed by atoms with Gasteiger partial charge in [0.05, 0.1) is 6.21 Å². The van der Waals surface area contributed by atoms with Crippen molar-refractivity contribution in [3.63, 3.8) is 0 Å². The lowest BCUT2D eigenvalue weighted by atomic mass is 10.2. The second-order valence-corrected chi connectivity index (χ2v) is 3.60. The van der Waals surface area contributed by atoms with Crippen molar-refractivity contribution in [3.8, 4) is 0 Å². The van der Waals surface area contributed by atoms with Gasteiger partial charge in [-0.15, -0.1) is 0 Å². The van der Waals surface area contributed by atoms with Gasteiger partial charge in [0, 0.05) is 12.4 Å². The van der Waals surface area contributed by atoms with Crippen LogP contribution >= 0.6 is 0 Å². The van der Waals surface area contributed by atoms with Crippen molar-refractivity contribution in [1.82, 2.24) is 4.98 Å². The Bertz CT molecular complexity index is 629. The monoisotopic (exact) mass is 287 g/mol. The first-order valence-electron chi connectivity index (χ1n) is 5.23. The lowest BCUT2D eigenvalue weighted by molar-refractivity contribution is 0.381. The first-order chi connectivity index (χ1) is 9.52. The molecule has 0 amide bonds. The molecule has 1 heterocycles. The summed E-state index contributed by atoms with van der Waals surface area (Å²) in [6, 6.07) is 3.06. The fourth-order valence-corrected chi connectivity index (χ4v) is 1.32. The van der Waals surface area contributed by atoms with E-state index in [-0.39, 0.29) is 0 Å². The van der Waals surface area contributed by atoms with Crippen LogP contribution in [0.3, 0.4) is 0 Å². The Hall–Kier alpha value is -2.51. The third-order valence-corrected chi connectivity index (χ3v) is 2.31. The fourth-order valence-electron chi connectivity index (χ4n) is 1.32. The highest BCUT2D eigenvalue weighted by atomic mass is 19.2. The maximum atomic E-state index is 13.3. The van der Waals surface area contributed by atoms with Crippen molar-refractivity contribution in [3.05, 3.63) is 59.2 Å². The molecule has 104 valence electrons. The average Bonchev–Trinajstić information content (AvgIpc) is 2.48. The third kappa shape index (κ3) is 2.58. The van der Waals surface area contributed by atoms with E-state index in [9.17, 15) is 22.0 Å². The van der Waals surface area contributed by atoms with Gasteiger partial charge in [-0.1, -0.05) is 0 Å². The first-order valence-corrected chi connectivity index (χ1v) is 5.23. The highest BCUT2D eigenvalue weighted by Crippen LogP contribution is 2.26. The summed E-state index contributed by atoms with van der Waals surface area (Å²) < 4.78 is 65.1. The van der Waals surface area contributed by atoms with Gasteiger partial charge in [-0.05, 0) is 17.7 Å². The standard InChI is InChI=1S/C12H6F5N3/c13-7-8(14)10(16)12(11(17)9(7)15)20-19-5-6-1-3-18-4-2-6/h1-5,20H/b19-5-. The lowest BCUT2D eigenvalue weighted by Crippen LogP contribution is -2.06. The Morgan fingerprint density at radius 2 is 1.35 bits per heavy atom. The van der Waals surface area contributed by atoms with Gasteiger partial charge < -0.3 is 0 Å². The normalized spacial score (nSPS) is 11.1. The summed E-state index contributed by atoms with van der Waals surface area (Å²) in [5, 5.41) is 3.41. The molecule has 1 aromatic carbocycles. The number of nitrogens with zero attached hydrogens (tertiary/aromatic N) is 2. The number of halogens is 5. The zero-order valence-corrected chi connectivity index (χ0v) is 9.67. The molecule has 0 bridgehead atoms. The zero-order chi connectivity index (χ0) is 14.7. The summed E-state index contributed by atoms with van der Waals surface area (Å²) in [5.41, 5.74) is 1.10. The highest BCUT2D eigenvalue weighted by Gasteiger charge is 2.25. The molecule has 1 aromatic heterocycles. The van der Waals surface area contributed by atoms with E-state index in [1.54, 1.807) is 5.43 Å². The van der Waals surface area contributed by atoms with Crippen molar-refractivity contribution < 1.29 is 22.0 Å². The Balaban J connectivity index is 2.29. The SMILES string of the molecule is Fc1c(F)c(F)c(N/N=C\c2ccncc2)c(F)c1F. The van der Waals surface area contributed by atoms with E-state index in [1.165, 1.54) is 24.5 Å². The molecule has 0 atom stereocenters. The van der Waals surface area contributed by atoms with Crippen LogP contribution in [0.25, 0.3) is 0 Å². The van der Waals surface area contributed by atoms with Crippen LogP contribution < -0.4 is 5.43 Å². The Labute approximate surface area is 109 Å². The number of hydrogen-bond acceptors (Lipinski definition) is 3. The van der Waals surface area contributed by atoms with Crippen LogP contribution in [-0.4, -0.2) is 11.2 Å². The second kappa shape index (κ2) is 5.64. The summed E-state index contributed by atoms with van der Waals surface area (Å²) in [6.07, 6.45) is 4.03. The van der Waals surface area contributed by atoms with Crippen molar-refractivity contribution in [1.29, 1.82) is 0 Å². The Morgan fingerprint density at radius 3 is 1.90 bits per heavy atom. The van der Waals surface area contributed by atoms with Crippen LogP contribution in [-0.2, 0) is 0 Å². The number of anilines is 1. The molecule has 0 saturated heterocycles. The molecule has 0 aliphatic carbocycles. The summed E-state index contributed by atoms with van der Waals surface area (Å²) in [7, 11) is 0. The Morgan fingerprint density at radius 1 is 0.850 bits per heavy atom. The minimum Gasteiger partial charge on any atom is -0.272 e. The van der Waals surface area contributed by atoms with Crippen LogP contribution in [0.4, 0.5) is 27.6 Å². The highest BCUT2D eigenvalue weighted by molar-refractivity contribution is 5.79. The number of benzene rings is 1. The summed E-state index contributed by atoms with van der Waals surface area (Å²) in [4.78, 5) is 3.73. The third-order valence-electron chi connectivity index (χ3n) is 2.31. The van der Waals surface area contributed by atoms with E-state index < -0.39 is 34.8 Å². The smallest absolute Gasteiger partial charge is 0.200 e. The molecule has 0 radical (unpaired) electrons. The van der Waals surface area contributed by atoms with Crippen LogP contribution in [0.15, 0.2) is 29.6 Å². The van der Waals surface area contributed by atoms with Crippen LogP contribution in [0, 0.1) is 29.1 Å². The van der Waals surface area contributed by atoms with Crippen molar-refractivity contribution in [2.24, 2.45) is 5.10 Å². The van der Waals surface area contributed by atoms with Gasteiger partial charge in [0.25, 0.3) is 0 Å². The van der Waals surface area contributed by atoms with Crippen molar-refractivity contribution in [2.75, 3.05) is 5.43 Å². The minimum absolute atomic E-state index is 0.524. The summed E-state index contributed by atoms with van der Waals surface area (Å²) in [5.74, 6) is -10.2. The van der Waals surface area contributed by atoms with Gasteiger partial charge in [0.15, 0.2) is 23.3 Å². The van der Waals surface area contributed by atoms with Crippen LogP contribution in [0.2, 0.25) is 0 Å². The molecule has 0 saturated carbocycles. The molecular formula is C12H6F5N3. The maximum absolute atomic E-state index is 13.3. The van der Waals surface area contributed by atoms with E-state index in [1.807, 2.05) is 0 Å². The Kier molecular flexibility index (Phi) is 3.92. The maximum Gasteiger partial charge on any atom is 0.200 e. The minimum atomic E-state index is -2.22. The summed E-state index contributed by atoms with van der Waals surface area (Å²) >= 11 is 0. The quantitative estimate of drug-likeness (QED) is 0.309. The molecule has 0 spiro atoms. The second-order valence-electron chi connectivity index (χ2n) is 3.60. The molecule has 0 aliphatic heterocycles. The van der Waals surface area contributed by atoms with E-state index in [0.29, 0.717) is 5.56 Å². The van der Waals surface area contributed by atoms with E-state index in [2.05, 4.69) is 10.1 Å². The molecule has 8 heteroatoms. The predicted molar refractivity (Wildman–Crippen MR) is 61.7 cm³/mol. The van der Waals surface area contributed by atoms with E-state index in [0.717, 1.165) is 6.21 Å². The number of aromatic nitrogens is 1. The van der Waals surface area contributed by atoms with Gasteiger partial charge in [-0.3, -0.25) is 10.4 Å². The van der Waals surface area contributed by atoms with Crippen molar-refractivity contribution in [2.45, 2.75) is 0 Å². The molecule has 0 fully saturated rings. The van der Waals surface area contributed by atoms with Gasteiger partial charge in [0.1, 0.15) is 5.69 Å². The molecule has 2 rings (SSSR count). The number of rotatable bonds is 3. The predicted octanol–water partition coefficient (Wildman–Crippen LogP) is 3.22. The molecule has 2 aromatic rings. The van der Waals surface area contributed by atoms with E-state index >= 15 is 0 Å². The van der Waals surface area contributed by atoms with Crippen molar-refractivity contribution >= 4 is 11.9 Å². The molecule has 20 heavy (non-hydrogen) atoms. The number of pyridine rings is 1. The van der Waals surface area contributed by atoms with Gasteiger partial charge >= 0.3 is 0 Å². The van der Waals surface area contributed by atoms with Crippen LogP contribution in [0.5, 0.6) is 0 Å². The number of hydrazone groups is 1. The lowest BCUT2D eigenvalue weighted by Gasteiger charge is -2.06. The fraction of sp³-hybridized carbons (Fsp3) is 0. The molecule has 0 unspecified atom stereocenters. The molecule has 0 aliphatic rings. The van der Waals surface area contributed by atoms with Gasteiger partial charge in [0.2, 0.25) is 5.82 Å². The largest absolute Gasteiger partial charge is 0.272 e. The number of nitrogens with one attached hydrogen (secondary N) is 1. The first kappa shape index (κ1) is 13.9.